The Hall–Kier alpha value is -0.770. The Balaban J connectivity index is 2.32. The fraction of sp³-hybridized carbons (Fsp3) is 0.750. The second-order valence-electron chi connectivity index (χ2n) is 1.64. The molecule has 1 unspecified atom stereocenters. The lowest BCUT2D eigenvalue weighted by molar-refractivity contribution is 0.144. The highest BCUT2D eigenvalue weighted by atomic mass is 16.6. The summed E-state index contributed by atoms with van der Waals surface area (Å²) >= 11 is 0. The number of rotatable bonds is 1. The molecule has 8 heavy (non-hydrogen) atoms. The first-order valence-electron chi connectivity index (χ1n) is 2.47. The number of alkyl carbamates (subject to hydrolysis) is 1. The average molecular weight is 116 g/mol. The van der Waals surface area contributed by atoms with Crippen LogP contribution in [0, 0.1) is 0 Å². The van der Waals surface area contributed by atoms with Crippen LogP contribution in [0.15, 0.2) is 0 Å². The molecule has 0 radical (unpaired) electrons. The number of nitrogens with one attached hydrogen (secondary N) is 1. The Kier molecular flexibility index (Phi) is 1.34. The summed E-state index contributed by atoms with van der Waals surface area (Å²) in [6, 6.07) is 0. The van der Waals surface area contributed by atoms with Crippen LogP contribution in [0.2, 0.25) is 0 Å². The van der Waals surface area contributed by atoms with Crippen LogP contribution < -0.4 is 11.1 Å². The summed E-state index contributed by atoms with van der Waals surface area (Å²) in [5, 5.41) is 2.48. The van der Waals surface area contributed by atoms with E-state index in [4.69, 9.17) is 5.73 Å². The van der Waals surface area contributed by atoms with E-state index in [2.05, 4.69) is 10.1 Å². The number of hydrogen-bond donors (Lipinski definition) is 2. The second kappa shape index (κ2) is 2.00. The van der Waals surface area contributed by atoms with Crippen molar-refractivity contribution in [1.29, 1.82) is 0 Å². The van der Waals surface area contributed by atoms with Gasteiger partial charge in [0.05, 0.1) is 6.54 Å². The number of carbonyl (C=O) groups excluding carboxylic acids is 1. The third-order valence-corrected chi connectivity index (χ3v) is 1.01. The van der Waals surface area contributed by atoms with Crippen LogP contribution in [0.1, 0.15) is 0 Å². The van der Waals surface area contributed by atoms with Gasteiger partial charge in [-0.05, 0) is 0 Å². The molecule has 4 heteroatoms. The molecule has 3 N–H and O–H groups in total. The molecule has 4 nitrogen and oxygen atoms in total. The van der Waals surface area contributed by atoms with E-state index >= 15 is 0 Å². The van der Waals surface area contributed by atoms with Crippen molar-refractivity contribution >= 4 is 6.09 Å². The van der Waals surface area contributed by atoms with E-state index in [-0.39, 0.29) is 12.2 Å². The molecule has 0 aromatic rings. The highest BCUT2D eigenvalue weighted by Gasteiger charge is 2.19. The number of amides is 1. The SMILES string of the molecule is NCC1CNC(=O)O1. The van der Waals surface area contributed by atoms with Gasteiger partial charge in [0, 0.05) is 6.54 Å². The van der Waals surface area contributed by atoms with Crippen molar-refractivity contribution in [3.8, 4) is 0 Å². The highest BCUT2D eigenvalue weighted by molar-refractivity contribution is 5.69. The summed E-state index contributed by atoms with van der Waals surface area (Å²) in [6.45, 7) is 0.952. The Morgan fingerprint density at radius 2 is 2.75 bits per heavy atom. The first-order valence-corrected chi connectivity index (χ1v) is 2.47. The molecule has 1 heterocycles. The number of carbonyl (C=O) groups is 1. The first-order chi connectivity index (χ1) is 3.83. The minimum Gasteiger partial charge on any atom is -0.443 e. The number of nitrogens with two attached hydrogens (primary N) is 1. The summed E-state index contributed by atoms with van der Waals surface area (Å²) < 4.78 is 4.64. The summed E-state index contributed by atoms with van der Waals surface area (Å²) in [7, 11) is 0. The first kappa shape index (κ1) is 5.37. The van der Waals surface area contributed by atoms with E-state index in [9.17, 15) is 4.79 Å². The van der Waals surface area contributed by atoms with Crippen molar-refractivity contribution in [3.63, 3.8) is 0 Å². The van der Waals surface area contributed by atoms with Gasteiger partial charge in [-0.3, -0.25) is 0 Å². The molecule has 0 aromatic heterocycles. The standard InChI is InChI=1S/C4H8N2O2/c5-1-3-2-6-4(7)8-3/h3H,1-2,5H2,(H,6,7). The van der Waals surface area contributed by atoms with Gasteiger partial charge in [0.1, 0.15) is 6.10 Å². The molecule has 46 valence electrons. The monoisotopic (exact) mass is 116 g/mol. The van der Waals surface area contributed by atoms with E-state index in [0.717, 1.165) is 0 Å². The molecule has 1 aliphatic rings. The zero-order valence-electron chi connectivity index (χ0n) is 4.39. The van der Waals surface area contributed by atoms with E-state index in [1.165, 1.54) is 0 Å². The maximum absolute atomic E-state index is 10.2. The maximum atomic E-state index is 10.2. The van der Waals surface area contributed by atoms with Gasteiger partial charge in [0.2, 0.25) is 0 Å². The highest BCUT2D eigenvalue weighted by Crippen LogP contribution is 1.95. The lowest BCUT2D eigenvalue weighted by atomic mass is 10.4. The number of hydrogen-bond acceptors (Lipinski definition) is 3. The molecule has 1 amide bonds. The van der Waals surface area contributed by atoms with Crippen molar-refractivity contribution in [2.75, 3.05) is 13.1 Å². The normalized spacial score (nSPS) is 27.1. The van der Waals surface area contributed by atoms with Crippen molar-refractivity contribution < 1.29 is 9.53 Å². The zero-order chi connectivity index (χ0) is 5.98. The van der Waals surface area contributed by atoms with Crippen molar-refractivity contribution in [1.82, 2.24) is 5.32 Å². The second-order valence-corrected chi connectivity index (χ2v) is 1.64. The molecule has 1 fully saturated rings. The predicted octanol–water partition coefficient (Wildman–Crippen LogP) is -0.947. The third kappa shape index (κ3) is 0.894. The summed E-state index contributed by atoms with van der Waals surface area (Å²) in [4.78, 5) is 10.2. The summed E-state index contributed by atoms with van der Waals surface area (Å²) in [5.74, 6) is 0. The van der Waals surface area contributed by atoms with Crippen molar-refractivity contribution in [3.05, 3.63) is 0 Å². The molecule has 0 aliphatic carbocycles. The molecule has 1 saturated heterocycles. The molecule has 0 aromatic carbocycles. The van der Waals surface area contributed by atoms with Gasteiger partial charge in [0.25, 0.3) is 0 Å². The van der Waals surface area contributed by atoms with E-state index in [0.29, 0.717) is 13.1 Å². The van der Waals surface area contributed by atoms with Gasteiger partial charge in [-0.1, -0.05) is 0 Å². The van der Waals surface area contributed by atoms with Crippen LogP contribution in [0.25, 0.3) is 0 Å². The molecule has 1 aliphatic heterocycles. The molecule has 0 bridgehead atoms. The lowest BCUT2D eigenvalue weighted by Crippen LogP contribution is -2.23. The largest absolute Gasteiger partial charge is 0.443 e. The van der Waals surface area contributed by atoms with Gasteiger partial charge in [0.15, 0.2) is 0 Å². The van der Waals surface area contributed by atoms with Gasteiger partial charge < -0.3 is 15.8 Å². The Morgan fingerprint density at radius 1 is 2.00 bits per heavy atom. The van der Waals surface area contributed by atoms with E-state index < -0.39 is 0 Å². The van der Waals surface area contributed by atoms with Gasteiger partial charge in [-0.25, -0.2) is 4.79 Å². The smallest absolute Gasteiger partial charge is 0.407 e. The molecule has 0 spiro atoms. The van der Waals surface area contributed by atoms with Crippen LogP contribution in [-0.4, -0.2) is 25.3 Å². The minimum atomic E-state index is -0.361. The molecule has 0 saturated carbocycles. The number of cyclic esters (lactones) is 1. The topological polar surface area (TPSA) is 64.3 Å². The summed E-state index contributed by atoms with van der Waals surface area (Å²) in [6.07, 6.45) is -0.469. The molecule has 1 rings (SSSR count). The quantitative estimate of drug-likeness (QED) is 0.464. The van der Waals surface area contributed by atoms with Crippen molar-refractivity contribution in [2.45, 2.75) is 6.10 Å². The predicted molar refractivity (Wildman–Crippen MR) is 27.3 cm³/mol. The van der Waals surface area contributed by atoms with Crippen LogP contribution in [0.5, 0.6) is 0 Å². The third-order valence-electron chi connectivity index (χ3n) is 1.01. The van der Waals surface area contributed by atoms with Gasteiger partial charge >= 0.3 is 6.09 Å². The summed E-state index contributed by atoms with van der Waals surface area (Å²) in [5.41, 5.74) is 5.18. The average Bonchev–Trinajstić information content (AvgIpc) is 2.14. The molecular formula is C4H8N2O2. The minimum absolute atomic E-state index is 0.109. The van der Waals surface area contributed by atoms with E-state index in [1.54, 1.807) is 0 Å². The fourth-order valence-corrected chi connectivity index (χ4v) is 0.563. The Labute approximate surface area is 47.0 Å². The van der Waals surface area contributed by atoms with Crippen LogP contribution in [-0.2, 0) is 4.74 Å². The number of ether oxygens (including phenoxy) is 1. The van der Waals surface area contributed by atoms with Gasteiger partial charge in [-0.2, -0.15) is 0 Å². The fourth-order valence-electron chi connectivity index (χ4n) is 0.563. The van der Waals surface area contributed by atoms with Crippen LogP contribution in [0.3, 0.4) is 0 Å². The van der Waals surface area contributed by atoms with E-state index in [1.807, 2.05) is 0 Å². The maximum Gasteiger partial charge on any atom is 0.407 e. The molecular weight excluding hydrogens is 108 g/mol. The lowest BCUT2D eigenvalue weighted by Gasteiger charge is -1.99. The van der Waals surface area contributed by atoms with Crippen molar-refractivity contribution in [2.24, 2.45) is 5.73 Å². The molecule has 1 atom stereocenters. The van der Waals surface area contributed by atoms with Gasteiger partial charge in [-0.15, -0.1) is 0 Å². The van der Waals surface area contributed by atoms with Crippen LogP contribution >= 0.6 is 0 Å². The Morgan fingerprint density at radius 3 is 3.00 bits per heavy atom. The zero-order valence-corrected chi connectivity index (χ0v) is 4.39. The Bertz CT molecular complexity index is 104. The van der Waals surface area contributed by atoms with Crippen LogP contribution in [0.4, 0.5) is 4.79 Å².